The Bertz CT molecular complexity index is 3480. The number of para-hydroxylation sites is 4. The van der Waals surface area contributed by atoms with E-state index in [0.717, 1.165) is 82.6 Å². The van der Waals surface area contributed by atoms with Gasteiger partial charge >= 0.3 is 0 Å². The van der Waals surface area contributed by atoms with Gasteiger partial charge < -0.3 is 8.83 Å². The Hall–Kier alpha value is -7.97. The molecule has 0 atom stereocenters. The Morgan fingerprint density at radius 2 is 0.965 bits per heavy atom. The summed E-state index contributed by atoms with van der Waals surface area (Å²) in [6.07, 6.45) is 0. The molecule has 0 amide bonds. The predicted molar refractivity (Wildman–Crippen MR) is 226 cm³/mol. The van der Waals surface area contributed by atoms with Crippen LogP contribution in [0.5, 0.6) is 0 Å². The van der Waals surface area contributed by atoms with Crippen molar-refractivity contribution >= 4 is 65.8 Å². The molecule has 12 aromatic rings. The van der Waals surface area contributed by atoms with Crippen molar-refractivity contribution in [3.8, 4) is 51.4 Å². The van der Waals surface area contributed by atoms with E-state index >= 15 is 0 Å². The van der Waals surface area contributed by atoms with Gasteiger partial charge in [-0.15, -0.1) is 0 Å². The summed E-state index contributed by atoms with van der Waals surface area (Å²) in [4.78, 5) is 25.6. The van der Waals surface area contributed by atoms with E-state index in [9.17, 15) is 0 Å². The van der Waals surface area contributed by atoms with Gasteiger partial charge in [0.2, 0.25) is 5.95 Å². The standard InChI is InChI=1S/C49H28N6O2/c1-3-14-29(15-4-1)42-45-43(35-20-9-12-25-40(35)57-45)51-48(50-42)36-22-13-21-34-37-28-31(26-27-41(37)56-44(34)36)47-52-46(30-16-5-2-6-17-30)53-49(54-47)55-38-23-10-7-18-32(38)33-19-8-11-24-39(33)55/h1-28H. The Labute approximate surface area is 324 Å². The highest BCUT2D eigenvalue weighted by Gasteiger charge is 2.22. The van der Waals surface area contributed by atoms with Gasteiger partial charge in [0.1, 0.15) is 28.0 Å². The van der Waals surface area contributed by atoms with Crippen LogP contribution in [0.4, 0.5) is 0 Å². The van der Waals surface area contributed by atoms with Gasteiger partial charge in [-0.25, -0.2) is 15.0 Å². The van der Waals surface area contributed by atoms with Gasteiger partial charge in [-0.3, -0.25) is 4.57 Å². The fraction of sp³-hybridized carbons (Fsp3) is 0. The molecule has 57 heavy (non-hydrogen) atoms. The van der Waals surface area contributed by atoms with Crippen molar-refractivity contribution in [3.63, 3.8) is 0 Å². The molecule has 5 heterocycles. The third kappa shape index (κ3) is 4.91. The largest absolute Gasteiger partial charge is 0.455 e. The van der Waals surface area contributed by atoms with Gasteiger partial charge in [-0.05, 0) is 48.5 Å². The van der Waals surface area contributed by atoms with Crippen LogP contribution >= 0.6 is 0 Å². The van der Waals surface area contributed by atoms with Crippen LogP contribution in [-0.4, -0.2) is 29.5 Å². The molecule has 8 nitrogen and oxygen atoms in total. The van der Waals surface area contributed by atoms with E-state index in [1.54, 1.807) is 0 Å². The number of rotatable bonds is 5. The molecule has 266 valence electrons. The summed E-state index contributed by atoms with van der Waals surface area (Å²) in [5, 5.41) is 5.08. The summed E-state index contributed by atoms with van der Waals surface area (Å²) in [7, 11) is 0. The lowest BCUT2D eigenvalue weighted by atomic mass is 10.1. The molecule has 0 aliphatic rings. The molecular weight excluding hydrogens is 705 g/mol. The number of hydrogen-bond acceptors (Lipinski definition) is 7. The monoisotopic (exact) mass is 732 g/mol. The molecule has 0 N–H and O–H groups in total. The van der Waals surface area contributed by atoms with Crippen LogP contribution in [0, 0.1) is 0 Å². The first-order valence-corrected chi connectivity index (χ1v) is 18.8. The van der Waals surface area contributed by atoms with Crippen LogP contribution in [-0.2, 0) is 0 Å². The van der Waals surface area contributed by atoms with Gasteiger partial charge in [-0.2, -0.15) is 9.97 Å². The fourth-order valence-electron chi connectivity index (χ4n) is 8.06. The van der Waals surface area contributed by atoms with Crippen molar-refractivity contribution in [2.45, 2.75) is 0 Å². The molecule has 0 saturated heterocycles. The molecule has 0 saturated carbocycles. The Kier molecular flexibility index (Phi) is 6.76. The molecule has 7 aromatic carbocycles. The van der Waals surface area contributed by atoms with Crippen molar-refractivity contribution < 1.29 is 8.83 Å². The van der Waals surface area contributed by atoms with Gasteiger partial charge in [0.15, 0.2) is 23.1 Å². The molecule has 0 aliphatic carbocycles. The van der Waals surface area contributed by atoms with Crippen LogP contribution in [0.25, 0.3) is 117 Å². The number of nitrogens with zero attached hydrogens (tertiary/aromatic N) is 6. The predicted octanol–water partition coefficient (Wildman–Crippen LogP) is 12.2. The van der Waals surface area contributed by atoms with E-state index in [1.807, 2.05) is 121 Å². The van der Waals surface area contributed by atoms with E-state index in [1.165, 1.54) is 0 Å². The Morgan fingerprint density at radius 1 is 0.368 bits per heavy atom. The molecule has 0 bridgehead atoms. The van der Waals surface area contributed by atoms with Crippen molar-refractivity contribution in [2.75, 3.05) is 0 Å². The first kappa shape index (κ1) is 31.4. The molecular formula is C49H28N6O2. The second kappa shape index (κ2) is 12.3. The average Bonchev–Trinajstić information content (AvgIpc) is 3.96. The van der Waals surface area contributed by atoms with Crippen LogP contribution in [0.1, 0.15) is 0 Å². The summed E-state index contributed by atoms with van der Waals surface area (Å²) in [5.74, 6) is 2.24. The molecule has 0 fully saturated rings. The highest BCUT2D eigenvalue weighted by molar-refractivity contribution is 6.12. The van der Waals surface area contributed by atoms with Crippen molar-refractivity contribution in [2.24, 2.45) is 0 Å². The van der Waals surface area contributed by atoms with E-state index in [4.69, 9.17) is 33.8 Å². The maximum atomic E-state index is 6.67. The first-order chi connectivity index (χ1) is 28.2. The fourth-order valence-corrected chi connectivity index (χ4v) is 8.06. The molecule has 8 heteroatoms. The third-order valence-corrected chi connectivity index (χ3v) is 10.7. The SMILES string of the molecule is c1ccc(-c2nc(-c3ccc4oc5c(-c6nc(-c7ccccc7)c7oc8ccccc8c7n6)cccc5c4c3)nc(-n3c4ccccc4c4ccccc43)n2)cc1. The quantitative estimate of drug-likeness (QED) is 0.174. The van der Waals surface area contributed by atoms with Gasteiger partial charge in [0.25, 0.3) is 0 Å². The number of fused-ring (bicyclic) bond motifs is 9. The zero-order valence-electron chi connectivity index (χ0n) is 30.2. The lowest BCUT2D eigenvalue weighted by molar-refractivity contribution is 0.666. The van der Waals surface area contributed by atoms with E-state index in [0.29, 0.717) is 34.6 Å². The average molecular weight is 733 g/mol. The minimum absolute atomic E-state index is 0.546. The third-order valence-electron chi connectivity index (χ3n) is 10.7. The summed E-state index contributed by atoms with van der Waals surface area (Å²) in [6.45, 7) is 0. The Balaban J connectivity index is 1.06. The van der Waals surface area contributed by atoms with Crippen molar-refractivity contribution in [3.05, 3.63) is 170 Å². The maximum Gasteiger partial charge on any atom is 0.238 e. The van der Waals surface area contributed by atoms with E-state index < -0.39 is 0 Å². The number of aromatic nitrogens is 6. The highest BCUT2D eigenvalue weighted by Crippen LogP contribution is 2.40. The minimum Gasteiger partial charge on any atom is -0.455 e. The number of furan rings is 2. The number of benzene rings is 7. The van der Waals surface area contributed by atoms with Crippen molar-refractivity contribution in [1.82, 2.24) is 29.5 Å². The molecule has 0 unspecified atom stereocenters. The highest BCUT2D eigenvalue weighted by atomic mass is 16.3. The zero-order chi connectivity index (χ0) is 37.5. The normalized spacial score (nSPS) is 11.9. The summed E-state index contributed by atoms with van der Waals surface area (Å²) < 4.78 is 15.2. The summed E-state index contributed by atoms with van der Waals surface area (Å²) in [6, 6.07) is 57.1. The topological polar surface area (TPSA) is 95.7 Å². The molecule has 12 rings (SSSR count). The molecule has 0 spiro atoms. The van der Waals surface area contributed by atoms with Crippen LogP contribution < -0.4 is 0 Å². The van der Waals surface area contributed by atoms with Gasteiger partial charge in [0, 0.05) is 43.6 Å². The maximum absolute atomic E-state index is 6.67. The van der Waals surface area contributed by atoms with E-state index in [2.05, 4.69) is 53.1 Å². The molecule has 5 aromatic heterocycles. The number of hydrogen-bond donors (Lipinski definition) is 0. The van der Waals surface area contributed by atoms with E-state index in [-0.39, 0.29) is 0 Å². The second-order valence-corrected chi connectivity index (χ2v) is 14.1. The molecule has 0 aliphatic heterocycles. The summed E-state index contributed by atoms with van der Waals surface area (Å²) >= 11 is 0. The minimum atomic E-state index is 0.546. The lowest BCUT2D eigenvalue weighted by Gasteiger charge is -2.11. The van der Waals surface area contributed by atoms with Crippen LogP contribution in [0.2, 0.25) is 0 Å². The smallest absolute Gasteiger partial charge is 0.238 e. The molecule has 0 radical (unpaired) electrons. The first-order valence-electron chi connectivity index (χ1n) is 18.8. The van der Waals surface area contributed by atoms with Gasteiger partial charge in [0.05, 0.1) is 16.6 Å². The summed E-state index contributed by atoms with van der Waals surface area (Å²) in [5.41, 5.74) is 9.86. The zero-order valence-corrected chi connectivity index (χ0v) is 30.2. The van der Waals surface area contributed by atoms with Crippen LogP contribution in [0.3, 0.4) is 0 Å². The van der Waals surface area contributed by atoms with Crippen molar-refractivity contribution in [1.29, 1.82) is 0 Å². The van der Waals surface area contributed by atoms with Gasteiger partial charge in [-0.1, -0.05) is 121 Å². The van der Waals surface area contributed by atoms with Crippen LogP contribution in [0.15, 0.2) is 179 Å². The Morgan fingerprint density at radius 3 is 1.72 bits per heavy atom. The lowest BCUT2D eigenvalue weighted by Crippen LogP contribution is -2.06. The second-order valence-electron chi connectivity index (χ2n) is 14.1.